The zero-order chi connectivity index (χ0) is 7.40. The third kappa shape index (κ3) is 1.51. The van der Waals surface area contributed by atoms with Crippen LogP contribution in [0.25, 0.3) is 0 Å². The fourth-order valence-electron chi connectivity index (χ4n) is 0.700. The molecule has 1 N–H and O–H groups in total. The third-order valence-electron chi connectivity index (χ3n) is 1.24. The summed E-state index contributed by atoms with van der Waals surface area (Å²) in [5.74, 6) is 0.784. The van der Waals surface area contributed by atoms with Crippen LogP contribution < -0.4 is 0 Å². The first-order valence-electron chi connectivity index (χ1n) is 3.28. The highest BCUT2D eigenvalue weighted by Gasteiger charge is 1.93. The van der Waals surface area contributed by atoms with Crippen LogP contribution in [-0.2, 0) is 13.0 Å². The summed E-state index contributed by atoms with van der Waals surface area (Å²) in [6.07, 6.45) is 2.48. The number of aryl methyl sites for hydroxylation is 1. The van der Waals surface area contributed by atoms with Gasteiger partial charge >= 0.3 is 0 Å². The fourth-order valence-corrected chi connectivity index (χ4v) is 0.700. The molecular weight excluding hydrogens is 128 g/mol. The third-order valence-corrected chi connectivity index (χ3v) is 1.24. The highest BCUT2D eigenvalue weighted by molar-refractivity contribution is 5.00. The van der Waals surface area contributed by atoms with Crippen LogP contribution in [0.5, 0.6) is 0 Å². The summed E-state index contributed by atoms with van der Waals surface area (Å²) < 4.78 is 0. The van der Waals surface area contributed by atoms with Gasteiger partial charge < -0.3 is 5.11 Å². The summed E-state index contributed by atoms with van der Waals surface area (Å²) in [6, 6.07) is 1.71. The van der Waals surface area contributed by atoms with Gasteiger partial charge in [0.2, 0.25) is 0 Å². The van der Waals surface area contributed by atoms with E-state index in [1.54, 1.807) is 12.3 Å². The largest absolute Gasteiger partial charge is 0.390 e. The van der Waals surface area contributed by atoms with Crippen LogP contribution in [0.3, 0.4) is 0 Å². The molecule has 0 aliphatic heterocycles. The Kier molecular flexibility index (Phi) is 2.34. The lowest BCUT2D eigenvalue weighted by Crippen LogP contribution is -1.96. The van der Waals surface area contributed by atoms with Gasteiger partial charge in [-0.1, -0.05) is 6.92 Å². The van der Waals surface area contributed by atoms with Gasteiger partial charge in [0, 0.05) is 12.6 Å². The molecule has 3 nitrogen and oxygen atoms in total. The Morgan fingerprint density at radius 2 is 2.40 bits per heavy atom. The molecule has 0 saturated heterocycles. The van der Waals surface area contributed by atoms with E-state index in [0.29, 0.717) is 5.69 Å². The molecule has 0 aromatic carbocycles. The van der Waals surface area contributed by atoms with Crippen LogP contribution in [0, 0.1) is 0 Å². The lowest BCUT2D eigenvalue weighted by molar-refractivity contribution is 0.276. The Morgan fingerprint density at radius 3 is 3.00 bits per heavy atom. The molecule has 0 aliphatic rings. The van der Waals surface area contributed by atoms with Gasteiger partial charge in [0.05, 0.1) is 12.3 Å². The molecule has 0 radical (unpaired) electrons. The normalized spacial score (nSPS) is 9.80. The minimum absolute atomic E-state index is 0.00444. The molecule has 1 rings (SSSR count). The predicted octanol–water partition coefficient (Wildman–Crippen LogP) is 0.531. The van der Waals surface area contributed by atoms with E-state index < -0.39 is 0 Å². The maximum atomic E-state index is 8.67. The molecule has 0 atom stereocenters. The van der Waals surface area contributed by atoms with Crippen LogP contribution in [0.4, 0.5) is 0 Å². The smallest absolute Gasteiger partial charge is 0.128 e. The zero-order valence-corrected chi connectivity index (χ0v) is 5.91. The molecule has 1 heterocycles. The van der Waals surface area contributed by atoms with E-state index in [1.165, 1.54) is 0 Å². The van der Waals surface area contributed by atoms with Gasteiger partial charge in [-0.05, 0) is 6.07 Å². The van der Waals surface area contributed by atoms with E-state index in [-0.39, 0.29) is 6.61 Å². The number of rotatable bonds is 2. The van der Waals surface area contributed by atoms with Gasteiger partial charge in [-0.25, -0.2) is 9.97 Å². The topological polar surface area (TPSA) is 46.0 Å². The minimum Gasteiger partial charge on any atom is -0.390 e. The number of nitrogens with zero attached hydrogens (tertiary/aromatic N) is 2. The van der Waals surface area contributed by atoms with Crippen LogP contribution in [0.15, 0.2) is 12.3 Å². The number of hydrogen-bond donors (Lipinski definition) is 1. The van der Waals surface area contributed by atoms with Crippen molar-refractivity contribution in [1.29, 1.82) is 0 Å². The zero-order valence-electron chi connectivity index (χ0n) is 5.91. The summed E-state index contributed by atoms with van der Waals surface area (Å²) in [6.45, 7) is 1.98. The average Bonchev–Trinajstić information content (AvgIpc) is 2.05. The quantitative estimate of drug-likeness (QED) is 0.648. The second-order valence-corrected chi connectivity index (χ2v) is 1.98. The average molecular weight is 138 g/mol. The van der Waals surface area contributed by atoms with E-state index in [1.807, 2.05) is 6.92 Å². The van der Waals surface area contributed by atoms with Crippen molar-refractivity contribution in [3.63, 3.8) is 0 Å². The van der Waals surface area contributed by atoms with Gasteiger partial charge in [0.1, 0.15) is 5.82 Å². The van der Waals surface area contributed by atoms with Gasteiger partial charge in [0.15, 0.2) is 0 Å². The first-order chi connectivity index (χ1) is 4.86. The second-order valence-electron chi connectivity index (χ2n) is 1.98. The van der Waals surface area contributed by atoms with Gasteiger partial charge in [-0.15, -0.1) is 0 Å². The van der Waals surface area contributed by atoms with Gasteiger partial charge in [0.25, 0.3) is 0 Å². The molecule has 0 unspecified atom stereocenters. The maximum absolute atomic E-state index is 8.67. The van der Waals surface area contributed by atoms with E-state index in [9.17, 15) is 0 Å². The van der Waals surface area contributed by atoms with Gasteiger partial charge in [-0.3, -0.25) is 0 Å². The molecular formula is C7H10N2O. The van der Waals surface area contributed by atoms with E-state index in [4.69, 9.17) is 5.11 Å². The molecule has 0 fully saturated rings. The lowest BCUT2D eigenvalue weighted by atomic mass is 10.4. The van der Waals surface area contributed by atoms with Crippen molar-refractivity contribution in [2.24, 2.45) is 0 Å². The van der Waals surface area contributed by atoms with E-state index >= 15 is 0 Å². The Bertz CT molecular complexity index is 193. The van der Waals surface area contributed by atoms with Gasteiger partial charge in [-0.2, -0.15) is 0 Å². The second kappa shape index (κ2) is 3.27. The molecule has 54 valence electrons. The number of aliphatic hydroxyl groups excluding tert-OH is 1. The van der Waals surface area contributed by atoms with Crippen LogP contribution in [-0.4, -0.2) is 15.1 Å². The Hall–Kier alpha value is -0.960. The molecule has 0 spiro atoms. The first-order valence-corrected chi connectivity index (χ1v) is 3.28. The monoisotopic (exact) mass is 138 g/mol. The van der Waals surface area contributed by atoms with Crippen molar-refractivity contribution in [3.8, 4) is 0 Å². The Morgan fingerprint density at radius 1 is 1.60 bits per heavy atom. The lowest BCUT2D eigenvalue weighted by Gasteiger charge is -1.96. The molecule has 0 amide bonds. The predicted molar refractivity (Wildman–Crippen MR) is 37.3 cm³/mol. The molecule has 0 bridgehead atoms. The SMILES string of the molecule is CCc1nccc(CO)n1. The van der Waals surface area contributed by atoms with Crippen molar-refractivity contribution >= 4 is 0 Å². The molecule has 1 aromatic rings. The molecule has 0 aliphatic carbocycles. The van der Waals surface area contributed by atoms with Crippen molar-refractivity contribution in [2.45, 2.75) is 20.0 Å². The fraction of sp³-hybridized carbons (Fsp3) is 0.429. The van der Waals surface area contributed by atoms with Crippen molar-refractivity contribution in [1.82, 2.24) is 9.97 Å². The highest BCUT2D eigenvalue weighted by Crippen LogP contribution is 1.94. The summed E-state index contributed by atoms with van der Waals surface area (Å²) in [5.41, 5.74) is 0.687. The van der Waals surface area contributed by atoms with Crippen molar-refractivity contribution in [2.75, 3.05) is 0 Å². The minimum atomic E-state index is -0.00444. The molecule has 1 aromatic heterocycles. The summed E-state index contributed by atoms with van der Waals surface area (Å²) in [5, 5.41) is 8.67. The molecule has 0 saturated carbocycles. The summed E-state index contributed by atoms with van der Waals surface area (Å²) in [4.78, 5) is 8.03. The molecule has 10 heavy (non-hydrogen) atoms. The maximum Gasteiger partial charge on any atom is 0.128 e. The Balaban J connectivity index is 2.87. The van der Waals surface area contributed by atoms with E-state index in [2.05, 4.69) is 9.97 Å². The van der Waals surface area contributed by atoms with Crippen molar-refractivity contribution in [3.05, 3.63) is 23.8 Å². The standard InChI is InChI=1S/C7H10N2O/c1-2-7-8-4-3-6(5-10)9-7/h3-4,10H,2,5H2,1H3. The number of aliphatic hydroxyl groups is 1. The summed E-state index contributed by atoms with van der Waals surface area (Å²) >= 11 is 0. The van der Waals surface area contributed by atoms with Crippen LogP contribution in [0.2, 0.25) is 0 Å². The highest BCUT2D eigenvalue weighted by atomic mass is 16.3. The molecule has 3 heteroatoms. The van der Waals surface area contributed by atoms with Crippen LogP contribution in [0.1, 0.15) is 18.4 Å². The first kappa shape index (κ1) is 7.15. The van der Waals surface area contributed by atoms with Crippen molar-refractivity contribution < 1.29 is 5.11 Å². The van der Waals surface area contributed by atoms with Crippen LogP contribution >= 0.6 is 0 Å². The number of hydrogen-bond acceptors (Lipinski definition) is 3. The summed E-state index contributed by atoms with van der Waals surface area (Å²) in [7, 11) is 0. The number of aromatic nitrogens is 2. The Labute approximate surface area is 59.8 Å². The van der Waals surface area contributed by atoms with E-state index in [0.717, 1.165) is 12.2 Å².